The quantitative estimate of drug-likeness (QED) is 0.420. The van der Waals surface area contributed by atoms with Crippen LogP contribution in [0.4, 0.5) is 5.69 Å². The molecule has 2 N–H and O–H groups in total. The molecule has 1 saturated heterocycles. The topological polar surface area (TPSA) is 101 Å². The van der Waals surface area contributed by atoms with E-state index in [0.29, 0.717) is 36.0 Å². The Balaban J connectivity index is 1.83. The van der Waals surface area contributed by atoms with Crippen LogP contribution in [0.15, 0.2) is 30.5 Å². The molecule has 2 aromatic heterocycles. The molecule has 8 heteroatoms. The van der Waals surface area contributed by atoms with Gasteiger partial charge >= 0.3 is 5.97 Å². The molecule has 0 saturated carbocycles. The van der Waals surface area contributed by atoms with Crippen molar-refractivity contribution >= 4 is 11.7 Å². The Morgan fingerprint density at radius 1 is 1.29 bits per heavy atom. The van der Waals surface area contributed by atoms with Crippen molar-refractivity contribution < 1.29 is 19.0 Å². The number of esters is 1. The molecule has 3 heterocycles. The standard InChI is InChI=1S/C26H32N4O4/c1-6-34-26(31)20-13-28-30(22-9-10-33-14-16(22)3)25(20)19-8-7-18(12-21(19)27)24-15(2)11-23(32-5)29-17(24)4/h7-8,11-13,16,22H,6,9-10,14,27H2,1-5H3. The lowest BCUT2D eigenvalue weighted by Gasteiger charge is -2.30. The summed E-state index contributed by atoms with van der Waals surface area (Å²) in [6.07, 6.45) is 2.40. The first-order valence-corrected chi connectivity index (χ1v) is 11.6. The maximum Gasteiger partial charge on any atom is 0.341 e. The highest BCUT2D eigenvalue weighted by atomic mass is 16.5. The molecule has 180 valence electrons. The van der Waals surface area contributed by atoms with E-state index >= 15 is 0 Å². The third kappa shape index (κ3) is 4.37. The molecule has 1 aliphatic heterocycles. The second-order valence-corrected chi connectivity index (χ2v) is 8.72. The second-order valence-electron chi connectivity index (χ2n) is 8.72. The van der Waals surface area contributed by atoms with E-state index in [4.69, 9.17) is 19.9 Å². The fourth-order valence-electron chi connectivity index (χ4n) is 4.74. The van der Waals surface area contributed by atoms with Crippen molar-refractivity contribution in [1.29, 1.82) is 0 Å². The average Bonchev–Trinajstić information content (AvgIpc) is 3.24. The average molecular weight is 465 g/mol. The lowest BCUT2D eigenvalue weighted by Crippen LogP contribution is -2.29. The van der Waals surface area contributed by atoms with E-state index in [2.05, 4.69) is 17.0 Å². The molecule has 0 aliphatic carbocycles. The first-order chi connectivity index (χ1) is 16.3. The minimum absolute atomic E-state index is 0.0984. The highest BCUT2D eigenvalue weighted by Gasteiger charge is 2.30. The second kappa shape index (κ2) is 9.85. The fourth-order valence-corrected chi connectivity index (χ4v) is 4.74. The highest BCUT2D eigenvalue weighted by molar-refractivity contribution is 5.98. The molecule has 8 nitrogen and oxygen atoms in total. The van der Waals surface area contributed by atoms with Crippen LogP contribution in [0, 0.1) is 19.8 Å². The van der Waals surface area contributed by atoms with Crippen LogP contribution in [-0.4, -0.2) is 47.7 Å². The van der Waals surface area contributed by atoms with E-state index < -0.39 is 5.97 Å². The normalized spacial score (nSPS) is 18.0. The van der Waals surface area contributed by atoms with Crippen molar-refractivity contribution in [2.75, 3.05) is 32.7 Å². The zero-order valence-electron chi connectivity index (χ0n) is 20.4. The van der Waals surface area contributed by atoms with Gasteiger partial charge in [0.1, 0.15) is 5.56 Å². The van der Waals surface area contributed by atoms with E-state index in [1.54, 1.807) is 20.2 Å². The Bertz CT molecular complexity index is 1180. The lowest BCUT2D eigenvalue weighted by atomic mass is 9.94. The van der Waals surface area contributed by atoms with Crippen LogP contribution in [0.3, 0.4) is 0 Å². The minimum atomic E-state index is -0.405. The Morgan fingerprint density at radius 2 is 2.09 bits per heavy atom. The first-order valence-electron chi connectivity index (χ1n) is 11.6. The van der Waals surface area contributed by atoms with Crippen molar-refractivity contribution in [1.82, 2.24) is 14.8 Å². The summed E-state index contributed by atoms with van der Waals surface area (Å²) < 4.78 is 18.2. The Labute approximate surface area is 200 Å². The monoisotopic (exact) mass is 464 g/mol. The van der Waals surface area contributed by atoms with Gasteiger partial charge in [-0.1, -0.05) is 19.1 Å². The number of ether oxygens (including phenoxy) is 3. The summed E-state index contributed by atoms with van der Waals surface area (Å²) in [7, 11) is 1.61. The predicted molar refractivity (Wildman–Crippen MR) is 131 cm³/mol. The zero-order valence-corrected chi connectivity index (χ0v) is 20.4. The Kier molecular flexibility index (Phi) is 6.88. The molecule has 2 unspecified atom stereocenters. The Hall–Kier alpha value is -3.39. The third-order valence-corrected chi connectivity index (χ3v) is 6.38. The molecule has 1 fully saturated rings. The number of nitrogen functional groups attached to an aromatic ring is 1. The number of anilines is 1. The van der Waals surface area contributed by atoms with Gasteiger partial charge in [-0.25, -0.2) is 9.78 Å². The van der Waals surface area contributed by atoms with Crippen LogP contribution in [-0.2, 0) is 9.47 Å². The number of hydrogen-bond donors (Lipinski definition) is 1. The number of hydrogen-bond acceptors (Lipinski definition) is 7. The van der Waals surface area contributed by atoms with Crippen LogP contribution >= 0.6 is 0 Å². The molecule has 1 aliphatic rings. The van der Waals surface area contributed by atoms with Crippen LogP contribution in [0.1, 0.15) is 47.9 Å². The summed E-state index contributed by atoms with van der Waals surface area (Å²) in [6.45, 7) is 9.49. The summed E-state index contributed by atoms with van der Waals surface area (Å²) in [5.41, 5.74) is 12.9. The lowest BCUT2D eigenvalue weighted by molar-refractivity contribution is 0.0255. The van der Waals surface area contributed by atoms with Gasteiger partial charge in [0.25, 0.3) is 0 Å². The highest BCUT2D eigenvalue weighted by Crippen LogP contribution is 2.38. The molecule has 34 heavy (non-hydrogen) atoms. The zero-order chi connectivity index (χ0) is 24.4. The maximum absolute atomic E-state index is 12.8. The van der Waals surface area contributed by atoms with Gasteiger partial charge in [0, 0.05) is 41.1 Å². The number of methoxy groups -OCH3 is 1. The van der Waals surface area contributed by atoms with E-state index in [9.17, 15) is 4.79 Å². The third-order valence-electron chi connectivity index (χ3n) is 6.38. The fraction of sp³-hybridized carbons (Fsp3) is 0.423. The van der Waals surface area contributed by atoms with Gasteiger partial charge < -0.3 is 19.9 Å². The van der Waals surface area contributed by atoms with Crippen LogP contribution in [0.5, 0.6) is 5.88 Å². The van der Waals surface area contributed by atoms with Gasteiger partial charge in [0.05, 0.1) is 38.3 Å². The van der Waals surface area contributed by atoms with Crippen LogP contribution in [0.2, 0.25) is 0 Å². The SMILES string of the molecule is CCOC(=O)c1cnn(C2CCOCC2C)c1-c1ccc(-c2c(C)cc(OC)nc2C)cc1N. The number of carbonyl (C=O) groups is 1. The minimum Gasteiger partial charge on any atom is -0.481 e. The van der Waals surface area contributed by atoms with Gasteiger partial charge in [-0.3, -0.25) is 4.68 Å². The van der Waals surface area contributed by atoms with Gasteiger partial charge in [0.15, 0.2) is 0 Å². The Morgan fingerprint density at radius 3 is 2.74 bits per heavy atom. The number of aromatic nitrogens is 3. The van der Waals surface area contributed by atoms with Crippen LogP contribution in [0.25, 0.3) is 22.4 Å². The van der Waals surface area contributed by atoms with Crippen molar-refractivity contribution in [2.45, 2.75) is 40.2 Å². The molecular formula is C26H32N4O4. The van der Waals surface area contributed by atoms with Gasteiger partial charge in [-0.05, 0) is 44.4 Å². The van der Waals surface area contributed by atoms with E-state index in [-0.39, 0.29) is 18.6 Å². The summed E-state index contributed by atoms with van der Waals surface area (Å²) in [5.74, 6) is 0.425. The molecule has 1 aromatic carbocycles. The summed E-state index contributed by atoms with van der Waals surface area (Å²) in [4.78, 5) is 17.3. The largest absolute Gasteiger partial charge is 0.481 e. The maximum atomic E-state index is 12.8. The number of aryl methyl sites for hydroxylation is 2. The van der Waals surface area contributed by atoms with Crippen molar-refractivity contribution in [2.24, 2.45) is 5.92 Å². The smallest absolute Gasteiger partial charge is 0.341 e. The van der Waals surface area contributed by atoms with Crippen molar-refractivity contribution in [3.05, 3.63) is 47.3 Å². The van der Waals surface area contributed by atoms with E-state index in [0.717, 1.165) is 34.4 Å². The summed E-state index contributed by atoms with van der Waals surface area (Å²) in [6, 6.07) is 7.90. The molecule has 0 bridgehead atoms. The summed E-state index contributed by atoms with van der Waals surface area (Å²) in [5, 5.41) is 4.62. The van der Waals surface area contributed by atoms with E-state index in [1.165, 1.54) is 0 Å². The number of pyridine rings is 1. The first kappa shape index (κ1) is 23.8. The van der Waals surface area contributed by atoms with Gasteiger partial charge in [-0.2, -0.15) is 5.10 Å². The molecule has 4 rings (SSSR count). The number of carbonyl (C=O) groups excluding carboxylic acids is 1. The molecular weight excluding hydrogens is 432 g/mol. The van der Waals surface area contributed by atoms with E-state index in [1.807, 2.05) is 42.8 Å². The molecule has 3 aromatic rings. The number of nitrogens with zero attached hydrogens (tertiary/aromatic N) is 3. The molecule has 0 radical (unpaired) electrons. The molecule has 0 amide bonds. The van der Waals surface area contributed by atoms with Crippen molar-refractivity contribution in [3.8, 4) is 28.3 Å². The molecule has 2 atom stereocenters. The molecule has 0 spiro atoms. The number of benzene rings is 1. The van der Waals surface area contributed by atoms with Gasteiger partial charge in [0.2, 0.25) is 5.88 Å². The van der Waals surface area contributed by atoms with Gasteiger partial charge in [-0.15, -0.1) is 0 Å². The van der Waals surface area contributed by atoms with Crippen LogP contribution < -0.4 is 10.5 Å². The summed E-state index contributed by atoms with van der Waals surface area (Å²) >= 11 is 0. The van der Waals surface area contributed by atoms with Crippen molar-refractivity contribution in [3.63, 3.8) is 0 Å². The predicted octanol–water partition coefficient (Wildman–Crippen LogP) is 4.59. The number of rotatable bonds is 6. The number of nitrogens with two attached hydrogens (primary N) is 1.